The van der Waals surface area contributed by atoms with E-state index in [9.17, 15) is 0 Å². The van der Waals surface area contributed by atoms with E-state index in [0.29, 0.717) is 18.1 Å². The molecule has 3 unspecified atom stereocenters. The maximum absolute atomic E-state index is 6.45. The molecule has 2 bridgehead atoms. The average Bonchev–Trinajstić information content (AvgIpc) is 3.33. The predicted molar refractivity (Wildman–Crippen MR) is 124 cm³/mol. The zero-order valence-corrected chi connectivity index (χ0v) is 18.9. The molecule has 0 spiro atoms. The van der Waals surface area contributed by atoms with Gasteiger partial charge >= 0.3 is 0 Å². The molecule has 6 heterocycles. The fourth-order valence-electron chi connectivity index (χ4n) is 6.29. The first-order chi connectivity index (χ1) is 15.2. The van der Waals surface area contributed by atoms with Crippen LogP contribution in [0.5, 0.6) is 0 Å². The topological polar surface area (TPSA) is 47.0 Å². The van der Waals surface area contributed by atoms with Gasteiger partial charge in [-0.25, -0.2) is 0 Å². The number of nitrogens with one attached hydrogen (secondary N) is 1. The highest BCUT2D eigenvalue weighted by molar-refractivity contribution is 6.31. The van der Waals surface area contributed by atoms with E-state index in [1.807, 2.05) is 18.3 Å². The van der Waals surface area contributed by atoms with Crippen molar-refractivity contribution < 1.29 is 0 Å². The van der Waals surface area contributed by atoms with Gasteiger partial charge in [-0.1, -0.05) is 17.7 Å². The second-order valence-corrected chi connectivity index (χ2v) is 10.1. The summed E-state index contributed by atoms with van der Waals surface area (Å²) in [6, 6.07) is 5.93. The number of likely N-dealkylation sites (N-methyl/N-ethyl adjacent to an activating group) is 1. The summed E-state index contributed by atoms with van der Waals surface area (Å²) in [5.41, 5.74) is 0.978. The monoisotopic (exact) mass is 438 g/mol. The molecule has 3 fully saturated rings. The van der Waals surface area contributed by atoms with Crippen LogP contribution in [-0.4, -0.2) is 76.4 Å². The van der Waals surface area contributed by atoms with Crippen molar-refractivity contribution in [1.82, 2.24) is 25.0 Å². The molecule has 5 aliphatic heterocycles. The molecule has 3 saturated heterocycles. The smallest absolute Gasteiger partial charge is 0.129 e. The van der Waals surface area contributed by atoms with Crippen molar-refractivity contribution in [3.63, 3.8) is 0 Å². The SMILES string of the molecule is CN1CC2CCC(C1)N2C1=CC=CC2=NC([C@H]3CCC[C@@H](c4ncccc4Cl)N3)CN12. The van der Waals surface area contributed by atoms with Gasteiger partial charge in [-0.3, -0.25) is 9.98 Å². The van der Waals surface area contributed by atoms with Crippen molar-refractivity contribution in [3.05, 3.63) is 53.1 Å². The zero-order valence-electron chi connectivity index (χ0n) is 18.1. The Morgan fingerprint density at radius 3 is 2.74 bits per heavy atom. The Labute approximate surface area is 189 Å². The number of rotatable bonds is 3. The molecule has 1 N–H and O–H groups in total. The van der Waals surface area contributed by atoms with Gasteiger partial charge in [-0.15, -0.1) is 0 Å². The number of pyridine rings is 1. The Kier molecular flexibility index (Phi) is 5.04. The molecule has 7 heteroatoms. The summed E-state index contributed by atoms with van der Waals surface area (Å²) in [6.07, 6.45) is 14.5. The quantitative estimate of drug-likeness (QED) is 0.785. The van der Waals surface area contributed by atoms with Gasteiger partial charge in [-0.05, 0) is 63.4 Å². The number of likely N-dealkylation sites (tertiary alicyclic amines) is 1. The van der Waals surface area contributed by atoms with E-state index in [0.717, 1.165) is 49.0 Å². The summed E-state index contributed by atoms with van der Waals surface area (Å²) in [6.45, 7) is 3.29. The Morgan fingerprint density at radius 1 is 1.10 bits per heavy atom. The summed E-state index contributed by atoms with van der Waals surface area (Å²) in [4.78, 5) is 17.4. The Morgan fingerprint density at radius 2 is 1.94 bits per heavy atom. The molecule has 1 aromatic heterocycles. The lowest BCUT2D eigenvalue weighted by atomic mass is 9.92. The number of nitrogens with zero attached hydrogens (tertiary/aromatic N) is 5. The van der Waals surface area contributed by atoms with Crippen molar-refractivity contribution in [3.8, 4) is 0 Å². The van der Waals surface area contributed by atoms with Crippen molar-refractivity contribution in [2.24, 2.45) is 4.99 Å². The lowest BCUT2D eigenvalue weighted by molar-refractivity contribution is 0.0914. The molecule has 0 amide bonds. The van der Waals surface area contributed by atoms with Crippen molar-refractivity contribution in [1.29, 1.82) is 0 Å². The second-order valence-electron chi connectivity index (χ2n) is 9.69. The normalized spacial score (nSPS) is 35.2. The minimum Gasteiger partial charge on any atom is -0.349 e. The van der Waals surface area contributed by atoms with Crippen molar-refractivity contribution in [2.75, 3.05) is 26.7 Å². The van der Waals surface area contributed by atoms with Crippen LogP contribution in [0.1, 0.15) is 43.8 Å². The standard InChI is InChI=1S/C24H31ClN6/c1-29-13-16-10-11-17(14-29)31(16)23-9-3-8-22-28-21(15-30(22)23)19-6-2-7-20(27-19)24-18(25)5-4-12-26-24/h3-5,8-9,12,16-17,19-21,27H,2,6-7,10-11,13-15H2,1H3/t16?,17?,19-,20+,21?/m1/s1. The number of hydrogen-bond acceptors (Lipinski definition) is 6. The number of amidine groups is 1. The Balaban J connectivity index is 1.19. The molecule has 6 nitrogen and oxygen atoms in total. The average molecular weight is 439 g/mol. The van der Waals surface area contributed by atoms with Gasteiger partial charge in [0.1, 0.15) is 11.7 Å². The number of aromatic nitrogens is 1. The second kappa shape index (κ2) is 7.91. The maximum Gasteiger partial charge on any atom is 0.129 e. The zero-order chi connectivity index (χ0) is 20.9. The predicted octanol–water partition coefficient (Wildman–Crippen LogP) is 3.19. The lowest BCUT2D eigenvalue weighted by Crippen LogP contribution is -2.55. The Hall–Kier alpha value is -1.89. The highest BCUT2D eigenvalue weighted by atomic mass is 35.5. The molecular formula is C24H31ClN6. The van der Waals surface area contributed by atoms with Gasteiger partial charge < -0.3 is 20.0 Å². The highest BCUT2D eigenvalue weighted by Crippen LogP contribution is 2.37. The number of piperazine rings is 1. The summed E-state index contributed by atoms with van der Waals surface area (Å²) in [5.74, 6) is 2.49. The summed E-state index contributed by atoms with van der Waals surface area (Å²) in [5, 5.41) is 4.61. The number of fused-ring (bicyclic) bond motifs is 3. The lowest BCUT2D eigenvalue weighted by Gasteiger charge is -2.45. The maximum atomic E-state index is 6.45. The van der Waals surface area contributed by atoms with Crippen LogP contribution >= 0.6 is 11.6 Å². The van der Waals surface area contributed by atoms with E-state index in [-0.39, 0.29) is 12.1 Å². The minimum absolute atomic E-state index is 0.212. The van der Waals surface area contributed by atoms with Crippen LogP contribution in [0.2, 0.25) is 5.02 Å². The number of aliphatic imine (C=N–C) groups is 1. The Bertz CT molecular complexity index is 928. The third-order valence-electron chi connectivity index (χ3n) is 7.65. The molecule has 0 aliphatic carbocycles. The van der Waals surface area contributed by atoms with E-state index in [4.69, 9.17) is 16.6 Å². The van der Waals surface area contributed by atoms with Gasteiger partial charge in [0, 0.05) is 44.0 Å². The fraction of sp³-hybridized carbons (Fsp3) is 0.583. The largest absolute Gasteiger partial charge is 0.349 e. The van der Waals surface area contributed by atoms with E-state index < -0.39 is 0 Å². The van der Waals surface area contributed by atoms with E-state index in [1.165, 1.54) is 25.1 Å². The first kappa shape index (κ1) is 19.8. The van der Waals surface area contributed by atoms with Crippen LogP contribution in [-0.2, 0) is 0 Å². The van der Waals surface area contributed by atoms with Gasteiger partial charge in [0.2, 0.25) is 0 Å². The molecule has 0 saturated carbocycles. The van der Waals surface area contributed by atoms with E-state index in [2.05, 4.69) is 50.3 Å². The van der Waals surface area contributed by atoms with Gasteiger partial charge in [0.15, 0.2) is 0 Å². The molecule has 5 atom stereocenters. The van der Waals surface area contributed by atoms with Gasteiger partial charge in [0.05, 0.1) is 22.8 Å². The summed E-state index contributed by atoms with van der Waals surface area (Å²) >= 11 is 6.45. The third-order valence-corrected chi connectivity index (χ3v) is 7.96. The van der Waals surface area contributed by atoms with Crippen LogP contribution in [0.15, 0.2) is 47.4 Å². The van der Waals surface area contributed by atoms with Crippen molar-refractivity contribution in [2.45, 2.75) is 62.3 Å². The van der Waals surface area contributed by atoms with Crippen LogP contribution in [0.4, 0.5) is 0 Å². The molecule has 5 aliphatic rings. The summed E-state index contributed by atoms with van der Waals surface area (Å²) < 4.78 is 0. The first-order valence-corrected chi connectivity index (χ1v) is 12.1. The highest BCUT2D eigenvalue weighted by Gasteiger charge is 2.44. The van der Waals surface area contributed by atoms with Gasteiger partial charge in [-0.2, -0.15) is 0 Å². The molecule has 164 valence electrons. The third kappa shape index (κ3) is 3.49. The number of halogens is 1. The number of hydrogen-bond donors (Lipinski definition) is 1. The van der Waals surface area contributed by atoms with Crippen LogP contribution in [0.3, 0.4) is 0 Å². The molecule has 6 rings (SSSR count). The number of allylic oxidation sites excluding steroid dienone is 2. The molecule has 1 aromatic rings. The van der Waals surface area contributed by atoms with E-state index in [1.54, 1.807) is 0 Å². The minimum atomic E-state index is 0.212. The van der Waals surface area contributed by atoms with Crippen LogP contribution < -0.4 is 5.32 Å². The molecular weight excluding hydrogens is 408 g/mol. The molecule has 0 aromatic carbocycles. The first-order valence-electron chi connectivity index (χ1n) is 11.7. The van der Waals surface area contributed by atoms with Gasteiger partial charge in [0.25, 0.3) is 0 Å². The molecule has 31 heavy (non-hydrogen) atoms. The summed E-state index contributed by atoms with van der Waals surface area (Å²) in [7, 11) is 2.26. The number of piperidine rings is 1. The van der Waals surface area contributed by atoms with Crippen LogP contribution in [0, 0.1) is 0 Å². The van der Waals surface area contributed by atoms with E-state index >= 15 is 0 Å². The van der Waals surface area contributed by atoms with Crippen LogP contribution in [0.25, 0.3) is 0 Å². The fourth-order valence-corrected chi connectivity index (χ4v) is 6.54. The van der Waals surface area contributed by atoms with Crippen molar-refractivity contribution >= 4 is 17.4 Å². The molecule has 0 radical (unpaired) electrons.